The monoisotopic (exact) mass is 241 g/mol. The third-order valence-corrected chi connectivity index (χ3v) is 4.52. The smallest absolute Gasteiger partial charge is 0.0555 e. The van der Waals surface area contributed by atoms with E-state index in [0.29, 0.717) is 17.5 Å². The lowest BCUT2D eigenvalue weighted by molar-refractivity contribution is -0.0174. The summed E-state index contributed by atoms with van der Waals surface area (Å²) < 4.78 is 0. The van der Waals surface area contributed by atoms with Crippen LogP contribution in [0.3, 0.4) is 0 Å². The molecule has 0 saturated heterocycles. The third kappa shape index (κ3) is 3.96. The van der Waals surface area contributed by atoms with Crippen molar-refractivity contribution in [1.29, 1.82) is 0 Å². The van der Waals surface area contributed by atoms with Gasteiger partial charge in [-0.2, -0.15) is 0 Å². The van der Waals surface area contributed by atoms with E-state index in [0.717, 1.165) is 25.2 Å². The molecule has 1 rings (SSSR count). The van der Waals surface area contributed by atoms with E-state index in [1.54, 1.807) is 0 Å². The Kier molecular flexibility index (Phi) is 5.03. The first-order valence-corrected chi connectivity index (χ1v) is 7.14. The topological polar surface area (TPSA) is 23.5 Å². The molecule has 0 heterocycles. The van der Waals surface area contributed by atoms with Crippen molar-refractivity contribution in [3.8, 4) is 0 Å². The first kappa shape index (κ1) is 15.0. The molecule has 17 heavy (non-hydrogen) atoms. The number of aliphatic hydroxyl groups excluding tert-OH is 1. The summed E-state index contributed by atoms with van der Waals surface area (Å²) in [5.41, 5.74) is 0.333. The lowest BCUT2D eigenvalue weighted by atomic mass is 9.71. The second-order valence-corrected chi connectivity index (χ2v) is 7.08. The Morgan fingerprint density at radius 1 is 1.29 bits per heavy atom. The zero-order valence-corrected chi connectivity index (χ0v) is 12.5. The Balaban J connectivity index is 2.67. The molecule has 1 fully saturated rings. The first-order chi connectivity index (χ1) is 7.74. The Morgan fingerprint density at radius 2 is 1.88 bits per heavy atom. The summed E-state index contributed by atoms with van der Waals surface area (Å²) >= 11 is 0. The molecule has 102 valence electrons. The van der Waals surface area contributed by atoms with Gasteiger partial charge in [0, 0.05) is 12.1 Å². The van der Waals surface area contributed by atoms with Gasteiger partial charge < -0.3 is 10.0 Å². The van der Waals surface area contributed by atoms with Crippen molar-refractivity contribution in [3.63, 3.8) is 0 Å². The standard InChI is InChI=1S/C15H31NO/c1-11(2)9-12(3)16(6)14-10-13(17)7-8-15(14,4)5/h11-14,17H,7-10H2,1-6H3. The molecule has 2 heteroatoms. The van der Waals surface area contributed by atoms with Crippen molar-refractivity contribution in [2.45, 2.75) is 78.5 Å². The number of nitrogens with zero attached hydrogens (tertiary/aromatic N) is 1. The molecule has 0 bridgehead atoms. The van der Waals surface area contributed by atoms with E-state index in [4.69, 9.17) is 0 Å². The van der Waals surface area contributed by atoms with Crippen LogP contribution < -0.4 is 0 Å². The van der Waals surface area contributed by atoms with E-state index in [1.807, 2.05) is 0 Å². The Morgan fingerprint density at radius 3 is 2.41 bits per heavy atom. The fourth-order valence-corrected chi connectivity index (χ4v) is 3.27. The maximum atomic E-state index is 9.90. The summed E-state index contributed by atoms with van der Waals surface area (Å²) in [6, 6.07) is 1.12. The summed E-state index contributed by atoms with van der Waals surface area (Å²) in [7, 11) is 2.23. The maximum absolute atomic E-state index is 9.90. The highest BCUT2D eigenvalue weighted by atomic mass is 16.3. The fourth-order valence-electron chi connectivity index (χ4n) is 3.27. The van der Waals surface area contributed by atoms with E-state index >= 15 is 0 Å². The van der Waals surface area contributed by atoms with Crippen molar-refractivity contribution in [1.82, 2.24) is 4.90 Å². The zero-order chi connectivity index (χ0) is 13.2. The van der Waals surface area contributed by atoms with Gasteiger partial charge >= 0.3 is 0 Å². The van der Waals surface area contributed by atoms with E-state index in [9.17, 15) is 5.11 Å². The van der Waals surface area contributed by atoms with Crippen LogP contribution >= 0.6 is 0 Å². The Hall–Kier alpha value is -0.0800. The van der Waals surface area contributed by atoms with E-state index in [2.05, 4.69) is 46.6 Å². The van der Waals surface area contributed by atoms with Crippen LogP contribution in [0.5, 0.6) is 0 Å². The van der Waals surface area contributed by atoms with Gasteiger partial charge in [0.1, 0.15) is 0 Å². The predicted molar refractivity (Wildman–Crippen MR) is 74.1 cm³/mol. The quantitative estimate of drug-likeness (QED) is 0.816. The molecule has 1 saturated carbocycles. The second-order valence-electron chi connectivity index (χ2n) is 7.08. The average Bonchev–Trinajstić information content (AvgIpc) is 2.19. The minimum Gasteiger partial charge on any atom is -0.393 e. The number of hydrogen-bond acceptors (Lipinski definition) is 2. The molecular weight excluding hydrogens is 210 g/mol. The van der Waals surface area contributed by atoms with Gasteiger partial charge in [-0.1, -0.05) is 27.7 Å². The molecule has 0 radical (unpaired) electrons. The Labute approximate surface area is 107 Å². The molecule has 2 nitrogen and oxygen atoms in total. The Bertz CT molecular complexity index is 237. The van der Waals surface area contributed by atoms with Crippen molar-refractivity contribution in [2.24, 2.45) is 11.3 Å². The van der Waals surface area contributed by atoms with Crippen molar-refractivity contribution >= 4 is 0 Å². The summed E-state index contributed by atoms with van der Waals surface area (Å²) in [6.07, 6.45) is 4.18. The molecule has 0 aromatic rings. The number of hydrogen-bond donors (Lipinski definition) is 1. The molecule has 1 N–H and O–H groups in total. The molecule has 1 aliphatic carbocycles. The van der Waals surface area contributed by atoms with Gasteiger partial charge in [0.25, 0.3) is 0 Å². The highest BCUT2D eigenvalue weighted by Gasteiger charge is 2.39. The SMILES string of the molecule is CC(C)CC(C)N(C)C1CC(O)CCC1(C)C. The van der Waals surface area contributed by atoms with Crippen LogP contribution in [-0.2, 0) is 0 Å². The van der Waals surface area contributed by atoms with E-state index < -0.39 is 0 Å². The van der Waals surface area contributed by atoms with Gasteiger partial charge in [-0.05, 0) is 51.0 Å². The maximum Gasteiger partial charge on any atom is 0.0555 e. The molecule has 0 aromatic heterocycles. The molecule has 0 amide bonds. The average molecular weight is 241 g/mol. The molecule has 3 unspecified atom stereocenters. The van der Waals surface area contributed by atoms with Crippen LogP contribution in [0, 0.1) is 11.3 Å². The van der Waals surface area contributed by atoms with Crippen LogP contribution in [0.25, 0.3) is 0 Å². The van der Waals surface area contributed by atoms with Crippen molar-refractivity contribution in [2.75, 3.05) is 7.05 Å². The normalized spacial score (nSPS) is 30.9. The molecule has 0 aromatic carbocycles. The molecule has 1 aliphatic rings. The zero-order valence-electron chi connectivity index (χ0n) is 12.5. The fraction of sp³-hybridized carbons (Fsp3) is 1.00. The highest BCUT2D eigenvalue weighted by molar-refractivity contribution is 4.93. The first-order valence-electron chi connectivity index (χ1n) is 7.14. The van der Waals surface area contributed by atoms with Crippen LogP contribution in [0.15, 0.2) is 0 Å². The molecule has 3 atom stereocenters. The molecule has 0 spiro atoms. The third-order valence-electron chi connectivity index (χ3n) is 4.52. The molecule has 0 aliphatic heterocycles. The van der Waals surface area contributed by atoms with Crippen LogP contribution in [0.2, 0.25) is 0 Å². The van der Waals surface area contributed by atoms with E-state index in [-0.39, 0.29) is 6.10 Å². The predicted octanol–water partition coefficient (Wildman–Crippen LogP) is 3.29. The summed E-state index contributed by atoms with van der Waals surface area (Å²) in [5, 5.41) is 9.90. The van der Waals surface area contributed by atoms with Crippen molar-refractivity contribution < 1.29 is 5.11 Å². The number of rotatable bonds is 4. The summed E-state index contributed by atoms with van der Waals surface area (Å²) in [6.45, 7) is 11.6. The van der Waals surface area contributed by atoms with Crippen molar-refractivity contribution in [3.05, 3.63) is 0 Å². The van der Waals surface area contributed by atoms with E-state index in [1.165, 1.54) is 6.42 Å². The largest absolute Gasteiger partial charge is 0.393 e. The van der Waals surface area contributed by atoms with Gasteiger partial charge in [-0.3, -0.25) is 0 Å². The van der Waals surface area contributed by atoms with Gasteiger partial charge in [0.05, 0.1) is 6.10 Å². The van der Waals surface area contributed by atoms with Crippen LogP contribution in [0.1, 0.15) is 60.3 Å². The van der Waals surface area contributed by atoms with Crippen LogP contribution in [-0.4, -0.2) is 35.2 Å². The van der Waals surface area contributed by atoms with Gasteiger partial charge in [-0.15, -0.1) is 0 Å². The molecular formula is C15H31NO. The van der Waals surface area contributed by atoms with Gasteiger partial charge in [0.2, 0.25) is 0 Å². The summed E-state index contributed by atoms with van der Waals surface area (Å²) in [4.78, 5) is 2.50. The van der Waals surface area contributed by atoms with Gasteiger partial charge in [-0.25, -0.2) is 0 Å². The van der Waals surface area contributed by atoms with Gasteiger partial charge in [0.15, 0.2) is 0 Å². The minimum atomic E-state index is -0.0956. The lowest BCUT2D eigenvalue weighted by Gasteiger charge is -2.47. The van der Waals surface area contributed by atoms with Crippen LogP contribution in [0.4, 0.5) is 0 Å². The lowest BCUT2D eigenvalue weighted by Crippen LogP contribution is -2.51. The second kappa shape index (κ2) is 5.71. The highest BCUT2D eigenvalue weighted by Crippen LogP contribution is 2.39. The minimum absolute atomic E-state index is 0.0956. The summed E-state index contributed by atoms with van der Waals surface area (Å²) in [5.74, 6) is 0.740. The number of aliphatic hydroxyl groups is 1.